The summed E-state index contributed by atoms with van der Waals surface area (Å²) in [5.74, 6) is -1.30. The topological polar surface area (TPSA) is 40.5 Å². The molecule has 0 bridgehead atoms. The Balaban J connectivity index is 2.84. The Kier molecular flexibility index (Phi) is 5.01. The van der Waals surface area contributed by atoms with Gasteiger partial charge in [0.2, 0.25) is 0 Å². The number of rotatable bonds is 5. The van der Waals surface area contributed by atoms with Gasteiger partial charge in [0, 0.05) is 6.04 Å². The average Bonchev–Trinajstić information content (AvgIpc) is 2.59. The SMILES string of the molecule is CC(c1csc(Cl)c1)N(CC(=O)O)CC(F)(F)F. The third-order valence-corrected chi connectivity index (χ3v) is 3.45. The van der Waals surface area contributed by atoms with Gasteiger partial charge >= 0.3 is 12.1 Å². The van der Waals surface area contributed by atoms with Crippen LogP contribution in [0.1, 0.15) is 18.5 Å². The first-order valence-corrected chi connectivity index (χ1v) is 6.21. The van der Waals surface area contributed by atoms with E-state index in [4.69, 9.17) is 16.7 Å². The highest BCUT2D eigenvalue weighted by atomic mass is 35.5. The van der Waals surface area contributed by atoms with Crippen LogP contribution in [-0.4, -0.2) is 35.2 Å². The molecule has 1 rings (SSSR count). The van der Waals surface area contributed by atoms with Crippen molar-refractivity contribution in [1.29, 1.82) is 0 Å². The maximum atomic E-state index is 12.4. The maximum absolute atomic E-state index is 12.4. The van der Waals surface area contributed by atoms with Gasteiger partial charge in [0.15, 0.2) is 0 Å². The summed E-state index contributed by atoms with van der Waals surface area (Å²) in [6.45, 7) is -0.421. The Morgan fingerprint density at radius 3 is 2.61 bits per heavy atom. The third-order valence-electron chi connectivity index (χ3n) is 2.34. The molecule has 0 aliphatic heterocycles. The van der Waals surface area contributed by atoms with E-state index >= 15 is 0 Å². The number of aliphatic carboxylic acids is 1. The molecule has 1 heterocycles. The van der Waals surface area contributed by atoms with Crippen LogP contribution in [0.4, 0.5) is 13.2 Å². The lowest BCUT2D eigenvalue weighted by molar-refractivity contribution is -0.157. The van der Waals surface area contributed by atoms with Gasteiger partial charge in [-0.1, -0.05) is 11.6 Å². The summed E-state index contributed by atoms with van der Waals surface area (Å²) >= 11 is 6.91. The first kappa shape index (κ1) is 15.3. The van der Waals surface area contributed by atoms with Crippen molar-refractivity contribution in [2.45, 2.75) is 19.1 Å². The second-order valence-corrected chi connectivity index (χ2v) is 5.32. The summed E-state index contributed by atoms with van der Waals surface area (Å²) in [6, 6.07) is 0.883. The minimum atomic E-state index is -4.44. The van der Waals surface area contributed by atoms with Gasteiger partial charge < -0.3 is 5.11 Å². The number of carboxylic acids is 1. The van der Waals surface area contributed by atoms with E-state index in [9.17, 15) is 18.0 Å². The van der Waals surface area contributed by atoms with Gasteiger partial charge in [0.1, 0.15) is 0 Å². The molecule has 0 aromatic carbocycles. The molecule has 1 aromatic heterocycles. The second kappa shape index (κ2) is 5.90. The Morgan fingerprint density at radius 2 is 2.22 bits per heavy atom. The number of alkyl halides is 3. The molecular formula is C10H11ClF3NO2S. The van der Waals surface area contributed by atoms with Gasteiger partial charge in [-0.25, -0.2) is 0 Å². The number of hydrogen-bond donors (Lipinski definition) is 1. The van der Waals surface area contributed by atoms with E-state index in [0.29, 0.717) is 9.90 Å². The zero-order chi connectivity index (χ0) is 13.9. The standard InChI is InChI=1S/C10H11ClF3NO2S/c1-6(7-2-8(11)18-4-7)15(3-9(16)17)5-10(12,13)14/h2,4,6H,3,5H2,1H3,(H,16,17). The van der Waals surface area contributed by atoms with Crippen molar-refractivity contribution in [3.05, 3.63) is 21.3 Å². The van der Waals surface area contributed by atoms with Crippen molar-refractivity contribution >= 4 is 28.9 Å². The molecule has 1 aromatic rings. The monoisotopic (exact) mass is 301 g/mol. The first-order chi connectivity index (χ1) is 8.19. The number of carboxylic acid groups (broad SMARTS) is 1. The van der Waals surface area contributed by atoms with Crippen molar-refractivity contribution in [2.75, 3.05) is 13.1 Å². The molecule has 0 saturated carbocycles. The van der Waals surface area contributed by atoms with Crippen LogP contribution in [0, 0.1) is 0 Å². The lowest BCUT2D eigenvalue weighted by Gasteiger charge is -2.27. The molecule has 0 saturated heterocycles. The smallest absolute Gasteiger partial charge is 0.401 e. The molecule has 8 heteroatoms. The molecule has 1 atom stereocenters. The Labute approximate surface area is 111 Å². The summed E-state index contributed by atoms with van der Waals surface area (Å²) in [4.78, 5) is 11.5. The average molecular weight is 302 g/mol. The Morgan fingerprint density at radius 1 is 1.61 bits per heavy atom. The molecule has 0 spiro atoms. The predicted octanol–water partition coefficient (Wildman–Crippen LogP) is 3.41. The van der Waals surface area contributed by atoms with Crippen LogP contribution in [0.15, 0.2) is 11.4 Å². The quantitative estimate of drug-likeness (QED) is 0.906. The molecule has 0 aliphatic carbocycles. The fourth-order valence-electron chi connectivity index (χ4n) is 1.49. The second-order valence-electron chi connectivity index (χ2n) is 3.77. The number of carbonyl (C=O) groups is 1. The summed E-state index contributed by atoms with van der Waals surface area (Å²) in [5, 5.41) is 10.3. The lowest BCUT2D eigenvalue weighted by atomic mass is 10.1. The van der Waals surface area contributed by atoms with Gasteiger partial charge in [0.25, 0.3) is 0 Å². The van der Waals surface area contributed by atoms with Gasteiger partial charge in [-0.15, -0.1) is 11.3 Å². The highest BCUT2D eigenvalue weighted by Gasteiger charge is 2.34. The van der Waals surface area contributed by atoms with Crippen LogP contribution >= 0.6 is 22.9 Å². The van der Waals surface area contributed by atoms with Crippen LogP contribution < -0.4 is 0 Å². The number of halogens is 4. The Hall–Kier alpha value is -0.790. The minimum absolute atomic E-state index is 0.458. The summed E-state index contributed by atoms with van der Waals surface area (Å²) in [7, 11) is 0. The lowest BCUT2D eigenvalue weighted by Crippen LogP contribution is -2.39. The van der Waals surface area contributed by atoms with E-state index in [-0.39, 0.29) is 0 Å². The fraction of sp³-hybridized carbons (Fsp3) is 0.500. The van der Waals surface area contributed by atoms with E-state index in [1.807, 2.05) is 0 Å². The Bertz CT molecular complexity index is 422. The van der Waals surface area contributed by atoms with Crippen molar-refractivity contribution < 1.29 is 23.1 Å². The van der Waals surface area contributed by atoms with Crippen molar-refractivity contribution in [3.8, 4) is 0 Å². The molecule has 102 valence electrons. The molecule has 0 amide bonds. The van der Waals surface area contributed by atoms with Crippen molar-refractivity contribution in [1.82, 2.24) is 4.90 Å². The molecule has 0 radical (unpaired) electrons. The van der Waals surface area contributed by atoms with Crippen molar-refractivity contribution in [3.63, 3.8) is 0 Å². The van der Waals surface area contributed by atoms with Crippen molar-refractivity contribution in [2.24, 2.45) is 0 Å². The largest absolute Gasteiger partial charge is 0.480 e. The molecular weight excluding hydrogens is 291 g/mol. The van der Waals surface area contributed by atoms with Crippen LogP contribution in [-0.2, 0) is 4.79 Å². The van der Waals surface area contributed by atoms with Gasteiger partial charge in [0.05, 0.1) is 17.4 Å². The molecule has 3 nitrogen and oxygen atoms in total. The summed E-state index contributed by atoms with van der Waals surface area (Å²) in [6.07, 6.45) is -4.44. The zero-order valence-corrected chi connectivity index (χ0v) is 10.9. The first-order valence-electron chi connectivity index (χ1n) is 4.95. The van der Waals surface area contributed by atoms with E-state index in [0.717, 1.165) is 4.90 Å². The van der Waals surface area contributed by atoms with Gasteiger partial charge in [-0.2, -0.15) is 13.2 Å². The highest BCUT2D eigenvalue weighted by molar-refractivity contribution is 7.14. The minimum Gasteiger partial charge on any atom is -0.480 e. The fourth-order valence-corrected chi connectivity index (χ4v) is 2.46. The molecule has 1 unspecified atom stereocenters. The third kappa shape index (κ3) is 4.83. The van der Waals surface area contributed by atoms with E-state index in [1.165, 1.54) is 18.3 Å². The molecule has 18 heavy (non-hydrogen) atoms. The number of hydrogen-bond acceptors (Lipinski definition) is 3. The molecule has 1 N–H and O–H groups in total. The van der Waals surface area contributed by atoms with E-state index < -0.39 is 31.3 Å². The van der Waals surface area contributed by atoms with E-state index in [1.54, 1.807) is 11.4 Å². The van der Waals surface area contributed by atoms with Gasteiger partial charge in [-0.3, -0.25) is 9.69 Å². The van der Waals surface area contributed by atoms with Crippen LogP contribution in [0.3, 0.4) is 0 Å². The maximum Gasteiger partial charge on any atom is 0.401 e. The zero-order valence-electron chi connectivity index (χ0n) is 9.37. The van der Waals surface area contributed by atoms with Crippen LogP contribution in [0.2, 0.25) is 4.34 Å². The van der Waals surface area contributed by atoms with Crippen LogP contribution in [0.5, 0.6) is 0 Å². The van der Waals surface area contributed by atoms with E-state index in [2.05, 4.69) is 0 Å². The predicted molar refractivity (Wildman–Crippen MR) is 63.0 cm³/mol. The van der Waals surface area contributed by atoms with Gasteiger partial charge in [-0.05, 0) is 23.9 Å². The number of nitrogens with zero attached hydrogens (tertiary/aromatic N) is 1. The van der Waals surface area contributed by atoms with Crippen LogP contribution in [0.25, 0.3) is 0 Å². The highest BCUT2D eigenvalue weighted by Crippen LogP contribution is 2.30. The summed E-state index contributed by atoms with van der Waals surface area (Å²) in [5.41, 5.74) is 0.579. The summed E-state index contributed by atoms with van der Waals surface area (Å²) < 4.78 is 37.6. The molecule has 0 fully saturated rings. The molecule has 0 aliphatic rings. The number of thiophene rings is 1. The normalized spacial score (nSPS) is 13.9.